The molecule has 0 amide bonds. The molecule has 6 nitrogen and oxygen atoms in total. The molecule has 0 radical (unpaired) electrons. The van der Waals surface area contributed by atoms with Crippen LogP contribution >= 0.6 is 26.5 Å². The quantitative estimate of drug-likeness (QED) is 0.108. The molecule has 34 heavy (non-hydrogen) atoms. The number of thiophene rings is 1. The van der Waals surface area contributed by atoms with Gasteiger partial charge in [0.15, 0.2) is 0 Å². The Kier molecular flexibility index (Phi) is 16.0. The van der Waals surface area contributed by atoms with E-state index in [1.807, 2.05) is 19.2 Å². The zero-order chi connectivity index (χ0) is 25.7. The van der Waals surface area contributed by atoms with E-state index in [1.54, 1.807) is 25.2 Å². The number of hydrogen-bond acceptors (Lipinski definition) is 7. The molecule has 0 fully saturated rings. The second kappa shape index (κ2) is 16.6. The van der Waals surface area contributed by atoms with Gasteiger partial charge in [-0.3, -0.25) is 0 Å². The summed E-state index contributed by atoms with van der Waals surface area (Å²) in [6, 6.07) is 0. The molecule has 0 atom stereocenters. The first-order valence-corrected chi connectivity index (χ1v) is 24.6. The molecule has 0 N–H and O–H groups in total. The summed E-state index contributed by atoms with van der Waals surface area (Å²) in [5.41, 5.74) is 0. The van der Waals surface area contributed by atoms with E-state index in [2.05, 4.69) is 20.8 Å². The molecule has 0 aliphatic heterocycles. The molecule has 200 valence electrons. The van der Waals surface area contributed by atoms with Crippen LogP contribution in [0.1, 0.15) is 87.0 Å². The molecular weight excluding hydrogens is 597 g/mol. The molecule has 0 aliphatic rings. The van der Waals surface area contributed by atoms with Gasteiger partial charge >= 0.3 is 218 Å². The van der Waals surface area contributed by atoms with Crippen LogP contribution in [0, 0.1) is 0 Å². The van der Waals surface area contributed by atoms with Crippen molar-refractivity contribution < 1.29 is 27.2 Å². The van der Waals surface area contributed by atoms with E-state index < -0.39 is 33.6 Å². The van der Waals surface area contributed by atoms with Crippen molar-refractivity contribution in [2.75, 3.05) is 26.4 Å². The summed E-state index contributed by atoms with van der Waals surface area (Å²) < 4.78 is 56.5. The molecule has 1 heterocycles. The van der Waals surface area contributed by atoms with E-state index in [0.29, 0.717) is 10.6 Å². The van der Waals surface area contributed by atoms with Crippen LogP contribution in [-0.4, -0.2) is 44.8 Å². The second-order valence-corrected chi connectivity index (χ2v) is 27.4. The summed E-state index contributed by atoms with van der Waals surface area (Å²) in [7, 11) is -7.37. The van der Waals surface area contributed by atoms with Crippen LogP contribution < -0.4 is 13.5 Å². The van der Waals surface area contributed by atoms with Gasteiger partial charge in [0, 0.05) is 0 Å². The van der Waals surface area contributed by atoms with Crippen molar-refractivity contribution in [2.24, 2.45) is 0 Å². The molecule has 1 aromatic heterocycles. The van der Waals surface area contributed by atoms with Crippen LogP contribution in [0.25, 0.3) is 0 Å². The van der Waals surface area contributed by atoms with Crippen LogP contribution in [-0.2, 0) is 27.2 Å². The van der Waals surface area contributed by atoms with Crippen molar-refractivity contribution >= 4 is 58.4 Å². The maximum atomic E-state index is 14.4. The van der Waals surface area contributed by atoms with Crippen LogP contribution in [0.5, 0.6) is 0 Å². The van der Waals surface area contributed by atoms with Gasteiger partial charge < -0.3 is 0 Å². The Bertz CT molecular complexity index is 759. The number of rotatable bonds is 20. The fourth-order valence-corrected chi connectivity index (χ4v) is 32.8. The summed E-state index contributed by atoms with van der Waals surface area (Å²) in [6.07, 6.45) is 6.90. The van der Waals surface area contributed by atoms with E-state index in [1.165, 1.54) is 35.5 Å². The molecule has 10 heteroatoms. The van der Waals surface area contributed by atoms with Crippen molar-refractivity contribution in [3.63, 3.8) is 0 Å². The van der Waals surface area contributed by atoms with Gasteiger partial charge in [0.05, 0.1) is 0 Å². The van der Waals surface area contributed by atoms with E-state index in [4.69, 9.17) is 18.1 Å². The van der Waals surface area contributed by atoms with E-state index in [-0.39, 0.29) is 26.4 Å². The molecular formula is C24H48O6P2SSn. The SMILES string of the molecule is CCC[CH2][Sn]([CH2]CCC)([CH2]CCC)[c]1scc(P(=O)(OCC)OCC)c1P(=O)(OCC)OCC. The van der Waals surface area contributed by atoms with E-state index in [0.717, 1.165) is 19.3 Å². The zero-order valence-corrected chi connectivity index (χ0v) is 28.0. The van der Waals surface area contributed by atoms with Gasteiger partial charge in [-0.05, 0) is 0 Å². The first-order chi connectivity index (χ1) is 16.3. The molecule has 0 aliphatic carbocycles. The summed E-state index contributed by atoms with van der Waals surface area (Å²) in [6.45, 7) is 14.9. The summed E-state index contributed by atoms with van der Waals surface area (Å²) >= 11 is -1.46. The van der Waals surface area contributed by atoms with Crippen molar-refractivity contribution in [3.8, 4) is 0 Å². The van der Waals surface area contributed by atoms with Crippen LogP contribution in [0.4, 0.5) is 0 Å². The second-order valence-electron chi connectivity index (χ2n) is 8.56. The normalized spacial score (nSPS) is 13.0. The molecule has 1 aromatic rings. The Morgan fingerprint density at radius 3 is 1.41 bits per heavy atom. The minimum atomic E-state index is -3.71. The summed E-state index contributed by atoms with van der Waals surface area (Å²) in [5, 5.41) is 2.83. The van der Waals surface area contributed by atoms with Crippen LogP contribution in [0.3, 0.4) is 0 Å². The molecule has 0 saturated carbocycles. The predicted molar refractivity (Wildman–Crippen MR) is 150 cm³/mol. The average Bonchev–Trinajstić information content (AvgIpc) is 3.27. The van der Waals surface area contributed by atoms with Gasteiger partial charge in [0.2, 0.25) is 0 Å². The van der Waals surface area contributed by atoms with Crippen molar-refractivity contribution in [1.82, 2.24) is 0 Å². The summed E-state index contributed by atoms with van der Waals surface area (Å²) in [4.78, 5) is 0. The first kappa shape index (κ1) is 32.8. The topological polar surface area (TPSA) is 71.1 Å². The Morgan fingerprint density at radius 1 is 0.676 bits per heavy atom. The van der Waals surface area contributed by atoms with Gasteiger partial charge in [-0.15, -0.1) is 0 Å². The van der Waals surface area contributed by atoms with Gasteiger partial charge in [-0.1, -0.05) is 0 Å². The monoisotopic (exact) mass is 646 g/mol. The Morgan fingerprint density at radius 2 is 1.06 bits per heavy atom. The third-order valence-electron chi connectivity index (χ3n) is 6.02. The first-order valence-electron chi connectivity index (χ1n) is 13.2. The number of hydrogen-bond donors (Lipinski definition) is 0. The van der Waals surface area contributed by atoms with Gasteiger partial charge in [0.1, 0.15) is 0 Å². The predicted octanol–water partition coefficient (Wildman–Crippen LogP) is 7.59. The van der Waals surface area contributed by atoms with Gasteiger partial charge in [0.25, 0.3) is 0 Å². The molecule has 1 rings (SSSR count). The fourth-order valence-electron chi connectivity index (χ4n) is 4.46. The van der Waals surface area contributed by atoms with Gasteiger partial charge in [-0.2, -0.15) is 0 Å². The summed E-state index contributed by atoms with van der Waals surface area (Å²) in [5.74, 6) is 0. The molecule has 0 bridgehead atoms. The zero-order valence-electron chi connectivity index (χ0n) is 22.5. The molecule has 0 unspecified atom stereocenters. The molecule has 0 aromatic carbocycles. The van der Waals surface area contributed by atoms with E-state index >= 15 is 0 Å². The number of unbranched alkanes of at least 4 members (excludes halogenated alkanes) is 3. The Hall–Kier alpha value is 0.799. The minimum absolute atomic E-state index is 0.241. The average molecular weight is 645 g/mol. The van der Waals surface area contributed by atoms with Crippen molar-refractivity contribution in [1.29, 1.82) is 0 Å². The third-order valence-corrected chi connectivity index (χ3v) is 30.9. The van der Waals surface area contributed by atoms with Gasteiger partial charge in [-0.25, -0.2) is 0 Å². The maximum absolute atomic E-state index is 14.4. The third kappa shape index (κ3) is 8.41. The Balaban J connectivity index is 4.00. The van der Waals surface area contributed by atoms with Crippen LogP contribution in [0.2, 0.25) is 13.3 Å². The van der Waals surface area contributed by atoms with E-state index in [9.17, 15) is 9.13 Å². The van der Waals surface area contributed by atoms with Crippen molar-refractivity contribution in [2.45, 2.75) is 100 Å². The van der Waals surface area contributed by atoms with Crippen LogP contribution in [0.15, 0.2) is 5.38 Å². The fraction of sp³-hybridized carbons (Fsp3) is 0.833. The standard InChI is InChI=1S/C12H21O6P2S.3C4H9.Sn/c1-5-15-19(13,16-6-2)11-9-21-10-12(11)20(14,17-7-3)18-8-4;3*1-3-4-2;/h9H,5-8H2,1-4H3;3*1,3-4H2,2H3;. The molecule has 0 saturated heterocycles. The Labute approximate surface area is 216 Å². The molecule has 0 spiro atoms. The van der Waals surface area contributed by atoms with Crippen molar-refractivity contribution in [3.05, 3.63) is 5.38 Å².